The molecule has 0 radical (unpaired) electrons. The number of rotatable bonds is 5. The molecular weight excluding hydrogens is 324 g/mol. The Morgan fingerprint density at radius 2 is 2.04 bits per heavy atom. The minimum Gasteiger partial charge on any atom is -0.325 e. The van der Waals surface area contributed by atoms with Crippen LogP contribution in [0.5, 0.6) is 0 Å². The van der Waals surface area contributed by atoms with Crippen LogP contribution in [0.3, 0.4) is 0 Å². The van der Waals surface area contributed by atoms with Crippen LogP contribution >= 0.6 is 11.3 Å². The first-order chi connectivity index (χ1) is 11.7. The summed E-state index contributed by atoms with van der Waals surface area (Å²) in [7, 11) is 1.41. The zero-order valence-electron chi connectivity index (χ0n) is 13.2. The molecule has 122 valence electrons. The number of hydrogen-bond acceptors (Lipinski definition) is 6. The van der Waals surface area contributed by atoms with Crippen LogP contribution in [0, 0.1) is 6.92 Å². The maximum Gasteiger partial charge on any atom is 0.284 e. The molecule has 24 heavy (non-hydrogen) atoms. The molecule has 0 aliphatic heterocycles. The number of thiophene rings is 1. The highest BCUT2D eigenvalue weighted by Gasteiger charge is 2.11. The highest BCUT2D eigenvalue weighted by Crippen LogP contribution is 2.28. The lowest BCUT2D eigenvalue weighted by Gasteiger charge is -2.06. The summed E-state index contributed by atoms with van der Waals surface area (Å²) < 4.78 is 0. The Morgan fingerprint density at radius 3 is 2.83 bits per heavy atom. The fourth-order valence-electron chi connectivity index (χ4n) is 2.12. The number of hydroxylamine groups is 1. The second-order valence-corrected chi connectivity index (χ2v) is 6.13. The molecule has 6 nitrogen and oxygen atoms in total. The Hall–Kier alpha value is -2.77. The first-order valence-electron chi connectivity index (χ1n) is 7.26. The van der Waals surface area contributed by atoms with Crippen molar-refractivity contribution in [1.82, 2.24) is 15.4 Å². The molecule has 0 spiro atoms. The molecule has 0 bridgehead atoms. The number of anilines is 2. The van der Waals surface area contributed by atoms with Crippen LogP contribution in [-0.2, 0) is 4.84 Å². The molecule has 0 saturated heterocycles. The molecular formula is C17H16N4O2S. The van der Waals surface area contributed by atoms with E-state index in [1.807, 2.05) is 43.3 Å². The van der Waals surface area contributed by atoms with Crippen molar-refractivity contribution >= 4 is 28.9 Å². The third-order valence-corrected chi connectivity index (χ3v) is 4.30. The number of pyridine rings is 2. The van der Waals surface area contributed by atoms with Crippen molar-refractivity contribution in [2.45, 2.75) is 6.92 Å². The van der Waals surface area contributed by atoms with Crippen molar-refractivity contribution in [3.63, 3.8) is 0 Å². The third kappa shape index (κ3) is 3.76. The van der Waals surface area contributed by atoms with E-state index < -0.39 is 0 Å². The van der Waals surface area contributed by atoms with E-state index in [2.05, 4.69) is 25.6 Å². The Bertz CT molecular complexity index is 863. The van der Waals surface area contributed by atoms with Crippen LogP contribution in [0.2, 0.25) is 0 Å². The van der Waals surface area contributed by atoms with Crippen molar-refractivity contribution in [2.24, 2.45) is 0 Å². The lowest BCUT2D eigenvalue weighted by atomic mass is 10.3. The van der Waals surface area contributed by atoms with Crippen molar-refractivity contribution in [3.05, 3.63) is 59.1 Å². The van der Waals surface area contributed by atoms with Crippen LogP contribution in [0.15, 0.2) is 48.7 Å². The van der Waals surface area contributed by atoms with Gasteiger partial charge in [-0.25, -0.2) is 15.4 Å². The highest BCUT2D eigenvalue weighted by atomic mass is 32.1. The standard InChI is InChI=1S/C17H16N4O2S/c1-11-8-9-18-16(10-11)20-15-5-3-4-12(19-15)13-6-7-14(24-13)17(22)21-23-2/h3-10H,1-2H3,(H,21,22)(H,18,19,20). The van der Waals surface area contributed by atoms with Crippen molar-refractivity contribution < 1.29 is 9.63 Å². The molecule has 3 aromatic rings. The van der Waals surface area contributed by atoms with E-state index in [0.29, 0.717) is 10.7 Å². The normalized spacial score (nSPS) is 10.4. The smallest absolute Gasteiger partial charge is 0.284 e. The van der Waals surface area contributed by atoms with Crippen LogP contribution in [0.25, 0.3) is 10.6 Å². The molecule has 0 atom stereocenters. The molecule has 3 heterocycles. The topological polar surface area (TPSA) is 76.1 Å². The summed E-state index contributed by atoms with van der Waals surface area (Å²) in [6, 6.07) is 13.2. The number of aryl methyl sites for hydroxylation is 1. The van der Waals surface area contributed by atoms with E-state index in [1.165, 1.54) is 18.4 Å². The van der Waals surface area contributed by atoms with Gasteiger partial charge in [-0.15, -0.1) is 11.3 Å². The van der Waals surface area contributed by atoms with Gasteiger partial charge in [0.1, 0.15) is 11.6 Å². The van der Waals surface area contributed by atoms with Crippen LogP contribution in [-0.4, -0.2) is 23.0 Å². The predicted octanol–water partition coefficient (Wildman–Crippen LogP) is 3.55. The summed E-state index contributed by atoms with van der Waals surface area (Å²) in [5.74, 6) is 1.17. The second kappa shape index (κ2) is 7.20. The zero-order chi connectivity index (χ0) is 16.9. The van der Waals surface area contributed by atoms with Gasteiger partial charge in [0.05, 0.1) is 22.6 Å². The SMILES string of the molecule is CONC(=O)c1ccc(-c2cccc(Nc3cc(C)ccn3)n2)s1. The quantitative estimate of drug-likeness (QED) is 0.695. The minimum atomic E-state index is -0.271. The van der Waals surface area contributed by atoms with Crippen molar-refractivity contribution in [2.75, 3.05) is 12.4 Å². The lowest BCUT2D eigenvalue weighted by Crippen LogP contribution is -2.20. The van der Waals surface area contributed by atoms with E-state index in [0.717, 1.165) is 22.0 Å². The molecule has 1 amide bonds. The molecule has 0 aromatic carbocycles. The monoisotopic (exact) mass is 340 g/mol. The molecule has 7 heteroatoms. The number of carbonyl (C=O) groups excluding carboxylic acids is 1. The van der Waals surface area contributed by atoms with E-state index in [1.54, 1.807) is 12.3 Å². The number of aromatic nitrogens is 2. The van der Waals surface area contributed by atoms with Gasteiger partial charge in [-0.3, -0.25) is 9.63 Å². The zero-order valence-corrected chi connectivity index (χ0v) is 14.1. The summed E-state index contributed by atoms with van der Waals surface area (Å²) in [4.78, 5) is 26.7. The molecule has 0 aliphatic carbocycles. The molecule has 0 unspecified atom stereocenters. The Balaban J connectivity index is 1.81. The second-order valence-electron chi connectivity index (χ2n) is 5.05. The average Bonchev–Trinajstić information content (AvgIpc) is 3.05. The molecule has 0 fully saturated rings. The maximum absolute atomic E-state index is 11.8. The van der Waals surface area contributed by atoms with Gasteiger partial charge in [0.15, 0.2) is 0 Å². The van der Waals surface area contributed by atoms with Gasteiger partial charge >= 0.3 is 0 Å². The lowest BCUT2D eigenvalue weighted by molar-refractivity contribution is 0.0542. The molecule has 3 aromatic heterocycles. The average molecular weight is 340 g/mol. The highest BCUT2D eigenvalue weighted by molar-refractivity contribution is 7.17. The first kappa shape index (κ1) is 16.1. The summed E-state index contributed by atoms with van der Waals surface area (Å²) in [5.41, 5.74) is 4.21. The summed E-state index contributed by atoms with van der Waals surface area (Å²) in [6.07, 6.45) is 1.75. The Labute approximate surface area is 143 Å². The number of carbonyl (C=O) groups is 1. The summed E-state index contributed by atoms with van der Waals surface area (Å²) in [6.45, 7) is 2.01. The molecule has 0 saturated carbocycles. The van der Waals surface area contributed by atoms with Crippen molar-refractivity contribution in [3.8, 4) is 10.6 Å². The Morgan fingerprint density at radius 1 is 1.17 bits per heavy atom. The fraction of sp³-hybridized carbons (Fsp3) is 0.118. The maximum atomic E-state index is 11.8. The van der Waals surface area contributed by atoms with E-state index in [9.17, 15) is 4.79 Å². The van der Waals surface area contributed by atoms with Crippen LogP contribution in [0.4, 0.5) is 11.6 Å². The summed E-state index contributed by atoms with van der Waals surface area (Å²) >= 11 is 1.35. The van der Waals surface area contributed by atoms with Gasteiger partial charge in [-0.05, 0) is 48.9 Å². The number of amides is 1. The van der Waals surface area contributed by atoms with Gasteiger partial charge in [-0.1, -0.05) is 6.07 Å². The number of hydrogen-bond donors (Lipinski definition) is 2. The minimum absolute atomic E-state index is 0.271. The molecule has 2 N–H and O–H groups in total. The Kier molecular flexibility index (Phi) is 4.83. The van der Waals surface area contributed by atoms with E-state index in [-0.39, 0.29) is 5.91 Å². The first-order valence-corrected chi connectivity index (χ1v) is 8.07. The van der Waals surface area contributed by atoms with Gasteiger partial charge in [0, 0.05) is 6.20 Å². The predicted molar refractivity (Wildman–Crippen MR) is 94.3 cm³/mol. The van der Waals surface area contributed by atoms with Gasteiger partial charge in [0.2, 0.25) is 0 Å². The number of nitrogens with one attached hydrogen (secondary N) is 2. The largest absolute Gasteiger partial charge is 0.325 e. The van der Waals surface area contributed by atoms with Gasteiger partial charge < -0.3 is 5.32 Å². The summed E-state index contributed by atoms with van der Waals surface area (Å²) in [5, 5.41) is 3.19. The van der Waals surface area contributed by atoms with Gasteiger partial charge in [0.25, 0.3) is 5.91 Å². The van der Waals surface area contributed by atoms with Crippen molar-refractivity contribution in [1.29, 1.82) is 0 Å². The van der Waals surface area contributed by atoms with Crippen LogP contribution < -0.4 is 10.8 Å². The molecule has 0 aliphatic rings. The third-order valence-electron chi connectivity index (χ3n) is 3.20. The fourth-order valence-corrected chi connectivity index (χ4v) is 2.98. The van der Waals surface area contributed by atoms with Gasteiger partial charge in [-0.2, -0.15) is 0 Å². The molecule has 3 rings (SSSR count). The number of nitrogens with zero attached hydrogens (tertiary/aromatic N) is 2. The van der Waals surface area contributed by atoms with E-state index >= 15 is 0 Å². The van der Waals surface area contributed by atoms with E-state index in [4.69, 9.17) is 0 Å². The van der Waals surface area contributed by atoms with Crippen LogP contribution in [0.1, 0.15) is 15.2 Å².